The summed E-state index contributed by atoms with van der Waals surface area (Å²) in [6.07, 6.45) is 2.24. The molecule has 0 aliphatic carbocycles. The van der Waals surface area contributed by atoms with Gasteiger partial charge in [0.05, 0.1) is 12.2 Å². The Kier molecular flexibility index (Phi) is 6.59. The van der Waals surface area contributed by atoms with Crippen LogP contribution in [-0.4, -0.2) is 23.3 Å². The first kappa shape index (κ1) is 12.4. The third-order valence-corrected chi connectivity index (χ3v) is 1.76. The smallest absolute Gasteiger partial charge is 0.306 e. The van der Waals surface area contributed by atoms with Gasteiger partial charge in [0.1, 0.15) is 0 Å². The van der Waals surface area contributed by atoms with Gasteiger partial charge in [0, 0.05) is 6.42 Å². The normalized spacial score (nSPS) is 13.0. The van der Waals surface area contributed by atoms with Gasteiger partial charge in [0.25, 0.3) is 0 Å². The second-order valence-corrected chi connectivity index (χ2v) is 3.49. The lowest BCUT2D eigenvalue weighted by atomic mass is 10.1. The number of esters is 1. The fourth-order valence-corrected chi connectivity index (χ4v) is 1.01. The van der Waals surface area contributed by atoms with Gasteiger partial charge in [-0.1, -0.05) is 6.92 Å². The molecule has 78 valence electrons. The van der Waals surface area contributed by atoms with Crippen molar-refractivity contribution in [2.75, 3.05) is 0 Å². The molecule has 0 unspecified atom stereocenters. The standard InChI is InChI=1S/C10H20O3/c1-4-9(11)6-5-7-10(12)13-8(2)3/h8-9,11H,4-7H2,1-3H3/t9-/m1/s1. The Labute approximate surface area is 80.1 Å². The third-order valence-electron chi connectivity index (χ3n) is 1.76. The zero-order chi connectivity index (χ0) is 10.3. The number of carbonyl (C=O) groups excluding carboxylic acids is 1. The van der Waals surface area contributed by atoms with E-state index in [1.165, 1.54) is 0 Å². The molecule has 0 aromatic heterocycles. The van der Waals surface area contributed by atoms with Crippen molar-refractivity contribution in [1.29, 1.82) is 0 Å². The summed E-state index contributed by atoms with van der Waals surface area (Å²) in [5.41, 5.74) is 0. The van der Waals surface area contributed by atoms with E-state index in [1.807, 2.05) is 20.8 Å². The van der Waals surface area contributed by atoms with E-state index in [4.69, 9.17) is 4.74 Å². The Morgan fingerprint density at radius 1 is 1.46 bits per heavy atom. The number of aliphatic hydroxyl groups excluding tert-OH is 1. The van der Waals surface area contributed by atoms with E-state index >= 15 is 0 Å². The van der Waals surface area contributed by atoms with Crippen LogP contribution in [0.4, 0.5) is 0 Å². The van der Waals surface area contributed by atoms with Crippen LogP contribution in [0.25, 0.3) is 0 Å². The zero-order valence-electron chi connectivity index (χ0n) is 8.75. The van der Waals surface area contributed by atoms with Crippen molar-refractivity contribution in [3.05, 3.63) is 0 Å². The molecular weight excluding hydrogens is 168 g/mol. The average Bonchev–Trinajstić information content (AvgIpc) is 2.02. The van der Waals surface area contributed by atoms with E-state index in [9.17, 15) is 9.90 Å². The molecule has 0 fully saturated rings. The number of rotatable bonds is 6. The molecule has 0 amide bonds. The van der Waals surface area contributed by atoms with Crippen LogP contribution < -0.4 is 0 Å². The van der Waals surface area contributed by atoms with Crippen LogP contribution in [0.3, 0.4) is 0 Å². The van der Waals surface area contributed by atoms with Gasteiger partial charge in [-0.15, -0.1) is 0 Å². The van der Waals surface area contributed by atoms with Crippen molar-refractivity contribution < 1.29 is 14.6 Å². The molecule has 0 aromatic rings. The molecule has 3 nitrogen and oxygen atoms in total. The van der Waals surface area contributed by atoms with Gasteiger partial charge in [0.2, 0.25) is 0 Å². The Hall–Kier alpha value is -0.570. The van der Waals surface area contributed by atoms with Gasteiger partial charge in [-0.05, 0) is 33.1 Å². The molecular formula is C10H20O3. The predicted octanol–water partition coefficient (Wildman–Crippen LogP) is 1.88. The summed E-state index contributed by atoms with van der Waals surface area (Å²) in [5, 5.41) is 9.20. The molecule has 0 aromatic carbocycles. The topological polar surface area (TPSA) is 46.5 Å². The van der Waals surface area contributed by atoms with E-state index in [2.05, 4.69) is 0 Å². The van der Waals surface area contributed by atoms with Crippen LogP contribution in [0.5, 0.6) is 0 Å². The first-order chi connectivity index (χ1) is 6.06. The second-order valence-electron chi connectivity index (χ2n) is 3.49. The maximum Gasteiger partial charge on any atom is 0.306 e. The molecule has 1 atom stereocenters. The van der Waals surface area contributed by atoms with Crippen LogP contribution in [0, 0.1) is 0 Å². The Balaban J connectivity index is 3.37. The van der Waals surface area contributed by atoms with Crippen LogP contribution in [0.15, 0.2) is 0 Å². The van der Waals surface area contributed by atoms with E-state index in [-0.39, 0.29) is 18.2 Å². The highest BCUT2D eigenvalue weighted by Gasteiger charge is 2.06. The average molecular weight is 188 g/mol. The Bertz CT molecular complexity index is 143. The van der Waals surface area contributed by atoms with Gasteiger partial charge >= 0.3 is 5.97 Å². The van der Waals surface area contributed by atoms with Gasteiger partial charge < -0.3 is 9.84 Å². The highest BCUT2D eigenvalue weighted by molar-refractivity contribution is 5.69. The third kappa shape index (κ3) is 7.78. The molecule has 0 spiro atoms. The molecule has 0 aliphatic rings. The molecule has 0 radical (unpaired) electrons. The molecule has 0 saturated carbocycles. The van der Waals surface area contributed by atoms with E-state index < -0.39 is 0 Å². The fourth-order valence-electron chi connectivity index (χ4n) is 1.01. The summed E-state index contributed by atoms with van der Waals surface area (Å²) < 4.78 is 4.95. The Morgan fingerprint density at radius 3 is 2.54 bits per heavy atom. The van der Waals surface area contributed by atoms with Crippen LogP contribution in [0.1, 0.15) is 46.5 Å². The number of ether oxygens (including phenoxy) is 1. The number of carbonyl (C=O) groups is 1. The fraction of sp³-hybridized carbons (Fsp3) is 0.900. The lowest BCUT2D eigenvalue weighted by Crippen LogP contribution is -2.12. The molecule has 3 heteroatoms. The largest absolute Gasteiger partial charge is 0.463 e. The molecule has 13 heavy (non-hydrogen) atoms. The van der Waals surface area contributed by atoms with Gasteiger partial charge in [-0.2, -0.15) is 0 Å². The zero-order valence-corrected chi connectivity index (χ0v) is 8.75. The molecule has 0 bridgehead atoms. The maximum atomic E-state index is 11.0. The molecule has 0 aliphatic heterocycles. The monoisotopic (exact) mass is 188 g/mol. The number of hydrogen-bond donors (Lipinski definition) is 1. The molecule has 0 saturated heterocycles. The minimum absolute atomic E-state index is 0.0383. The summed E-state index contributed by atoms with van der Waals surface area (Å²) in [4.78, 5) is 11.0. The quantitative estimate of drug-likeness (QED) is 0.647. The van der Waals surface area contributed by atoms with Crippen LogP contribution >= 0.6 is 0 Å². The van der Waals surface area contributed by atoms with Crippen molar-refractivity contribution in [2.45, 2.75) is 58.7 Å². The number of hydrogen-bond acceptors (Lipinski definition) is 3. The number of aliphatic hydroxyl groups is 1. The summed E-state index contributed by atoms with van der Waals surface area (Å²) in [6, 6.07) is 0. The van der Waals surface area contributed by atoms with Gasteiger partial charge in [-0.25, -0.2) is 0 Å². The van der Waals surface area contributed by atoms with Crippen molar-refractivity contribution in [2.24, 2.45) is 0 Å². The van der Waals surface area contributed by atoms with E-state index in [0.29, 0.717) is 19.3 Å². The summed E-state index contributed by atoms with van der Waals surface area (Å²) >= 11 is 0. The Morgan fingerprint density at radius 2 is 2.08 bits per heavy atom. The highest BCUT2D eigenvalue weighted by atomic mass is 16.5. The van der Waals surface area contributed by atoms with Gasteiger partial charge in [0.15, 0.2) is 0 Å². The lowest BCUT2D eigenvalue weighted by Gasteiger charge is -2.09. The van der Waals surface area contributed by atoms with Crippen molar-refractivity contribution in [3.8, 4) is 0 Å². The van der Waals surface area contributed by atoms with E-state index in [1.54, 1.807) is 0 Å². The first-order valence-electron chi connectivity index (χ1n) is 4.93. The van der Waals surface area contributed by atoms with Crippen LogP contribution in [0.2, 0.25) is 0 Å². The summed E-state index contributed by atoms with van der Waals surface area (Å²) in [7, 11) is 0. The predicted molar refractivity (Wildman–Crippen MR) is 51.4 cm³/mol. The lowest BCUT2D eigenvalue weighted by molar-refractivity contribution is -0.147. The van der Waals surface area contributed by atoms with Crippen molar-refractivity contribution in [1.82, 2.24) is 0 Å². The summed E-state index contributed by atoms with van der Waals surface area (Å²) in [6.45, 7) is 5.59. The molecule has 1 N–H and O–H groups in total. The van der Waals surface area contributed by atoms with Gasteiger partial charge in [-0.3, -0.25) is 4.79 Å². The molecule has 0 heterocycles. The molecule has 0 rings (SSSR count). The van der Waals surface area contributed by atoms with Crippen LogP contribution in [-0.2, 0) is 9.53 Å². The summed E-state index contributed by atoms with van der Waals surface area (Å²) in [5.74, 6) is -0.168. The van der Waals surface area contributed by atoms with E-state index in [0.717, 1.165) is 6.42 Å². The minimum atomic E-state index is -0.271. The SMILES string of the molecule is CC[C@@H](O)CCCC(=O)OC(C)C. The first-order valence-corrected chi connectivity index (χ1v) is 4.93. The van der Waals surface area contributed by atoms with Crippen molar-refractivity contribution in [3.63, 3.8) is 0 Å². The highest BCUT2D eigenvalue weighted by Crippen LogP contribution is 2.05. The minimum Gasteiger partial charge on any atom is -0.463 e. The second kappa shape index (κ2) is 6.89. The van der Waals surface area contributed by atoms with Crippen molar-refractivity contribution >= 4 is 5.97 Å². The maximum absolute atomic E-state index is 11.0.